The molecule has 0 radical (unpaired) electrons. The summed E-state index contributed by atoms with van der Waals surface area (Å²) in [5.74, 6) is -0.964. The average Bonchev–Trinajstić information content (AvgIpc) is 2.24. The Bertz CT molecular complexity index is 644. The molecule has 0 N–H and O–H groups in total. The lowest BCUT2D eigenvalue weighted by atomic mass is 10.1. The van der Waals surface area contributed by atoms with Crippen LogP contribution in [0.15, 0.2) is 17.0 Å². The van der Waals surface area contributed by atoms with Crippen LogP contribution in [0.5, 0.6) is 5.75 Å². The second-order valence-corrected chi connectivity index (χ2v) is 6.05. The Balaban J connectivity index is 3.64. The Kier molecular flexibility index (Phi) is 4.49. The lowest BCUT2D eigenvalue weighted by Crippen LogP contribution is -2.19. The van der Waals surface area contributed by atoms with Gasteiger partial charge in [0.05, 0.1) is 15.9 Å². The van der Waals surface area contributed by atoms with Crippen molar-refractivity contribution < 1.29 is 31.2 Å². The Morgan fingerprint density at radius 2 is 1.95 bits per heavy atom. The van der Waals surface area contributed by atoms with Gasteiger partial charge in [0.15, 0.2) is 0 Å². The molecule has 1 rings (SSSR count). The standard InChI is InChI=1S/C9H7ClF3NO5S/c1-2-6-7(19-9(11,12)13)3-5(14(15)16)4-8(6)20(10,17)18/h3-4H,2H2,1H3. The zero-order valence-corrected chi connectivity index (χ0v) is 11.3. The van der Waals surface area contributed by atoms with Gasteiger partial charge < -0.3 is 4.74 Å². The molecule has 1 aromatic rings. The number of nitro benzene ring substituents is 1. The van der Waals surface area contributed by atoms with E-state index in [-0.39, 0.29) is 12.0 Å². The van der Waals surface area contributed by atoms with E-state index in [0.29, 0.717) is 12.1 Å². The van der Waals surface area contributed by atoms with Crippen molar-refractivity contribution in [1.29, 1.82) is 0 Å². The molecule has 0 amide bonds. The van der Waals surface area contributed by atoms with Gasteiger partial charge in [-0.3, -0.25) is 10.1 Å². The Hall–Kier alpha value is -1.55. The minimum Gasteiger partial charge on any atom is -0.405 e. The molecule has 11 heteroatoms. The van der Waals surface area contributed by atoms with Crippen LogP contribution in [0.25, 0.3) is 0 Å². The predicted octanol–water partition coefficient (Wildman–Crippen LogP) is 2.98. The smallest absolute Gasteiger partial charge is 0.405 e. The molecule has 0 aliphatic heterocycles. The Morgan fingerprint density at radius 3 is 2.30 bits per heavy atom. The summed E-state index contributed by atoms with van der Waals surface area (Å²) in [6.07, 6.45) is -5.29. The fraction of sp³-hybridized carbons (Fsp3) is 0.333. The second-order valence-electron chi connectivity index (χ2n) is 3.52. The molecule has 0 atom stereocenters. The third-order valence-electron chi connectivity index (χ3n) is 2.21. The molecule has 1 aromatic carbocycles. The van der Waals surface area contributed by atoms with E-state index in [4.69, 9.17) is 10.7 Å². The maximum absolute atomic E-state index is 12.2. The number of hydrogen-bond acceptors (Lipinski definition) is 5. The monoisotopic (exact) mass is 333 g/mol. The van der Waals surface area contributed by atoms with Gasteiger partial charge in [0.1, 0.15) is 5.75 Å². The number of non-ortho nitro benzene ring substituents is 1. The van der Waals surface area contributed by atoms with E-state index in [0.717, 1.165) is 0 Å². The zero-order valence-electron chi connectivity index (χ0n) is 9.77. The van der Waals surface area contributed by atoms with E-state index in [1.54, 1.807) is 0 Å². The first-order valence-corrected chi connectivity index (χ1v) is 7.28. The van der Waals surface area contributed by atoms with Gasteiger partial charge in [-0.1, -0.05) is 6.92 Å². The molecule has 0 fully saturated rings. The molecule has 20 heavy (non-hydrogen) atoms. The number of benzene rings is 1. The minimum absolute atomic E-state index is 0.176. The van der Waals surface area contributed by atoms with E-state index in [1.165, 1.54) is 6.92 Å². The summed E-state index contributed by atoms with van der Waals surface area (Å²) in [4.78, 5) is 8.80. The van der Waals surface area contributed by atoms with Crippen LogP contribution in [0.4, 0.5) is 18.9 Å². The number of alkyl halides is 3. The largest absolute Gasteiger partial charge is 0.573 e. The van der Waals surface area contributed by atoms with Crippen molar-refractivity contribution in [3.05, 3.63) is 27.8 Å². The average molecular weight is 334 g/mol. The van der Waals surface area contributed by atoms with E-state index >= 15 is 0 Å². The highest BCUT2D eigenvalue weighted by molar-refractivity contribution is 8.13. The van der Waals surface area contributed by atoms with Crippen molar-refractivity contribution in [2.45, 2.75) is 24.6 Å². The van der Waals surface area contributed by atoms with Gasteiger partial charge in [0.25, 0.3) is 14.7 Å². The van der Waals surface area contributed by atoms with Gasteiger partial charge in [0.2, 0.25) is 0 Å². The second kappa shape index (κ2) is 5.44. The van der Waals surface area contributed by atoms with Gasteiger partial charge in [0, 0.05) is 22.3 Å². The first kappa shape index (κ1) is 16.5. The van der Waals surface area contributed by atoms with Gasteiger partial charge in [-0.2, -0.15) is 0 Å². The number of hydrogen-bond donors (Lipinski definition) is 0. The van der Waals surface area contributed by atoms with Gasteiger partial charge in [-0.05, 0) is 6.42 Å². The predicted molar refractivity (Wildman–Crippen MR) is 62.2 cm³/mol. The molecule has 0 unspecified atom stereocenters. The van der Waals surface area contributed by atoms with E-state index < -0.39 is 36.7 Å². The molecule has 0 saturated heterocycles. The van der Waals surface area contributed by atoms with Crippen molar-refractivity contribution in [2.24, 2.45) is 0 Å². The lowest BCUT2D eigenvalue weighted by Gasteiger charge is -2.14. The van der Waals surface area contributed by atoms with Crippen molar-refractivity contribution in [1.82, 2.24) is 0 Å². The quantitative estimate of drug-likeness (QED) is 0.480. The van der Waals surface area contributed by atoms with Crippen molar-refractivity contribution in [3.63, 3.8) is 0 Å². The lowest BCUT2D eigenvalue weighted by molar-refractivity contribution is -0.385. The van der Waals surface area contributed by atoms with Crippen molar-refractivity contribution in [3.8, 4) is 5.75 Å². The van der Waals surface area contributed by atoms with E-state index in [1.807, 2.05) is 0 Å². The first-order valence-electron chi connectivity index (χ1n) is 4.97. The van der Waals surface area contributed by atoms with Crippen LogP contribution in [0, 0.1) is 10.1 Å². The summed E-state index contributed by atoms with van der Waals surface area (Å²) in [7, 11) is 0.616. The molecule has 0 spiro atoms. The summed E-state index contributed by atoms with van der Waals surface area (Å²) < 4.78 is 63.0. The molecule has 0 heterocycles. The summed E-state index contributed by atoms with van der Waals surface area (Å²) in [5.41, 5.74) is -1.26. The molecule has 0 aliphatic carbocycles. The summed E-state index contributed by atoms with van der Waals surface area (Å²) in [5, 5.41) is 10.6. The van der Waals surface area contributed by atoms with Gasteiger partial charge >= 0.3 is 6.36 Å². The number of halogens is 4. The van der Waals surface area contributed by atoms with Crippen LogP contribution in [0.2, 0.25) is 0 Å². The molecular weight excluding hydrogens is 327 g/mol. The summed E-state index contributed by atoms with van der Waals surface area (Å²) in [6, 6.07) is 1.09. The maximum atomic E-state index is 12.2. The minimum atomic E-state index is -5.12. The van der Waals surface area contributed by atoms with Crippen LogP contribution < -0.4 is 4.74 Å². The van der Waals surface area contributed by atoms with E-state index in [2.05, 4.69) is 4.74 Å². The van der Waals surface area contributed by atoms with Crippen LogP contribution in [-0.2, 0) is 15.5 Å². The number of ether oxygens (including phenoxy) is 1. The molecule has 0 aliphatic rings. The first-order chi connectivity index (χ1) is 8.95. The SMILES string of the molecule is CCc1c(OC(F)(F)F)cc([N+](=O)[O-])cc1S(=O)(=O)Cl. The van der Waals surface area contributed by atoms with Gasteiger partial charge in [-0.25, -0.2) is 8.42 Å². The number of rotatable bonds is 4. The van der Waals surface area contributed by atoms with Crippen LogP contribution in [-0.4, -0.2) is 19.7 Å². The third kappa shape index (κ3) is 3.97. The molecule has 112 valence electrons. The molecule has 0 saturated carbocycles. The van der Waals surface area contributed by atoms with Crippen LogP contribution in [0.1, 0.15) is 12.5 Å². The topological polar surface area (TPSA) is 86.5 Å². The molecule has 6 nitrogen and oxygen atoms in total. The van der Waals surface area contributed by atoms with Crippen molar-refractivity contribution in [2.75, 3.05) is 0 Å². The van der Waals surface area contributed by atoms with E-state index in [9.17, 15) is 31.7 Å². The highest BCUT2D eigenvalue weighted by atomic mass is 35.7. The summed E-state index contributed by atoms with van der Waals surface area (Å²) >= 11 is 0. The zero-order chi connectivity index (χ0) is 15.7. The molecular formula is C9H7ClF3NO5S. The van der Waals surface area contributed by atoms with Crippen LogP contribution >= 0.6 is 10.7 Å². The van der Waals surface area contributed by atoms with Gasteiger partial charge in [-0.15, -0.1) is 13.2 Å². The summed E-state index contributed by atoms with van der Waals surface area (Å²) in [6.45, 7) is 1.36. The van der Waals surface area contributed by atoms with Crippen molar-refractivity contribution >= 4 is 25.4 Å². The highest BCUT2D eigenvalue weighted by Crippen LogP contribution is 2.36. The van der Waals surface area contributed by atoms with Crippen LogP contribution in [0.3, 0.4) is 0 Å². The fourth-order valence-electron chi connectivity index (χ4n) is 1.49. The normalized spacial score (nSPS) is 12.2. The number of nitro groups is 1. The Morgan fingerprint density at radius 1 is 1.40 bits per heavy atom. The molecule has 0 bridgehead atoms. The Labute approximate surface area is 115 Å². The third-order valence-corrected chi connectivity index (χ3v) is 3.59. The maximum Gasteiger partial charge on any atom is 0.573 e. The fourth-order valence-corrected chi connectivity index (χ4v) is 2.71. The molecule has 0 aromatic heterocycles. The number of nitrogens with zero attached hydrogens (tertiary/aromatic N) is 1. The highest BCUT2D eigenvalue weighted by Gasteiger charge is 2.34.